The first-order valence-electron chi connectivity index (χ1n) is 7.21. The number of nitrogens with zero attached hydrogens (tertiary/aromatic N) is 1. The molecule has 22 heavy (non-hydrogen) atoms. The lowest BCUT2D eigenvalue weighted by Crippen LogP contribution is -2.48. The predicted octanol–water partition coefficient (Wildman–Crippen LogP) is 3.28. The summed E-state index contributed by atoms with van der Waals surface area (Å²) in [7, 11) is 0. The van der Waals surface area contributed by atoms with Crippen LogP contribution in [0.15, 0.2) is 18.2 Å². The number of fused-ring (bicyclic) bond motifs is 1. The van der Waals surface area contributed by atoms with Gasteiger partial charge in [-0.1, -0.05) is 12.1 Å². The molecule has 1 atom stereocenters. The van der Waals surface area contributed by atoms with Gasteiger partial charge < -0.3 is 9.84 Å². The number of halogens is 2. The second-order valence-electron chi connectivity index (χ2n) is 6.48. The number of ether oxygens (including phenoxy) is 1. The first-order chi connectivity index (χ1) is 10.2. The van der Waals surface area contributed by atoms with Crippen molar-refractivity contribution in [3.63, 3.8) is 0 Å². The molecular weight excluding hydrogens is 292 g/mol. The van der Waals surface area contributed by atoms with Gasteiger partial charge >= 0.3 is 6.09 Å². The van der Waals surface area contributed by atoms with Crippen molar-refractivity contribution in [3.8, 4) is 0 Å². The summed E-state index contributed by atoms with van der Waals surface area (Å²) < 4.78 is 31.0. The van der Waals surface area contributed by atoms with Crippen LogP contribution < -0.4 is 0 Å². The zero-order chi connectivity index (χ0) is 16.5. The summed E-state index contributed by atoms with van der Waals surface area (Å²) >= 11 is 0. The van der Waals surface area contributed by atoms with Crippen molar-refractivity contribution in [2.24, 2.45) is 0 Å². The maximum Gasteiger partial charge on any atom is 0.410 e. The minimum atomic E-state index is -2.55. The Morgan fingerprint density at radius 1 is 1.41 bits per heavy atom. The zero-order valence-electron chi connectivity index (χ0n) is 13.0. The van der Waals surface area contributed by atoms with Crippen molar-refractivity contribution in [2.45, 2.75) is 51.8 Å². The minimum Gasteiger partial charge on any atom is -0.444 e. The van der Waals surface area contributed by atoms with Gasteiger partial charge in [0.2, 0.25) is 0 Å². The highest BCUT2D eigenvalue weighted by atomic mass is 19.3. The molecule has 1 N–H and O–H groups in total. The van der Waals surface area contributed by atoms with E-state index in [4.69, 9.17) is 4.74 Å². The Kier molecular flexibility index (Phi) is 4.70. The molecule has 1 heterocycles. The SMILES string of the molecule is CC(C)(C)OC(=O)N1Cc2cc(C(F)F)ccc2C[C@H]1CO. The molecule has 0 spiro atoms. The maximum absolute atomic E-state index is 12.8. The average molecular weight is 313 g/mol. The van der Waals surface area contributed by atoms with Crippen LogP contribution in [-0.2, 0) is 17.7 Å². The van der Waals surface area contributed by atoms with Crippen molar-refractivity contribution >= 4 is 6.09 Å². The van der Waals surface area contributed by atoms with Crippen LogP contribution in [0.3, 0.4) is 0 Å². The van der Waals surface area contributed by atoms with Crippen LogP contribution in [0.2, 0.25) is 0 Å². The average Bonchev–Trinajstić information content (AvgIpc) is 2.43. The third kappa shape index (κ3) is 3.74. The summed E-state index contributed by atoms with van der Waals surface area (Å²) in [6.45, 7) is 5.23. The largest absolute Gasteiger partial charge is 0.444 e. The van der Waals surface area contributed by atoms with Gasteiger partial charge in [-0.05, 0) is 44.4 Å². The first-order valence-corrected chi connectivity index (χ1v) is 7.21. The molecule has 1 aliphatic rings. The lowest BCUT2D eigenvalue weighted by molar-refractivity contribution is 0.00459. The standard InChI is InChI=1S/C16H21F2NO3/c1-16(2,3)22-15(21)19-8-12-6-11(14(17)18)5-4-10(12)7-13(19)9-20/h4-6,13-14,20H,7-9H2,1-3H3/t13-/m0/s1. The van der Waals surface area contributed by atoms with Crippen LogP contribution in [0.5, 0.6) is 0 Å². The topological polar surface area (TPSA) is 49.8 Å². The summed E-state index contributed by atoms with van der Waals surface area (Å²) in [6, 6.07) is 4.05. The molecule has 0 unspecified atom stereocenters. The Hall–Kier alpha value is -1.69. The fourth-order valence-electron chi connectivity index (χ4n) is 2.50. The molecule has 4 nitrogen and oxygen atoms in total. The fourth-order valence-corrected chi connectivity index (χ4v) is 2.50. The molecule has 1 amide bonds. The smallest absolute Gasteiger partial charge is 0.410 e. The Morgan fingerprint density at radius 2 is 2.09 bits per heavy atom. The van der Waals surface area contributed by atoms with Crippen molar-refractivity contribution in [1.82, 2.24) is 4.90 Å². The molecule has 0 radical (unpaired) electrons. The lowest BCUT2D eigenvalue weighted by atomic mass is 9.93. The van der Waals surface area contributed by atoms with E-state index in [0.717, 1.165) is 5.56 Å². The quantitative estimate of drug-likeness (QED) is 0.911. The number of hydrogen-bond acceptors (Lipinski definition) is 3. The van der Waals surface area contributed by atoms with E-state index in [1.165, 1.54) is 17.0 Å². The molecule has 1 aromatic carbocycles. The number of aliphatic hydroxyl groups is 1. The van der Waals surface area contributed by atoms with Gasteiger partial charge in [0.25, 0.3) is 6.43 Å². The molecule has 0 aliphatic carbocycles. The number of rotatable bonds is 2. The van der Waals surface area contributed by atoms with E-state index < -0.39 is 24.2 Å². The third-order valence-electron chi connectivity index (χ3n) is 3.56. The van der Waals surface area contributed by atoms with Gasteiger partial charge in [-0.15, -0.1) is 0 Å². The zero-order valence-corrected chi connectivity index (χ0v) is 13.0. The molecule has 122 valence electrons. The van der Waals surface area contributed by atoms with Crippen molar-refractivity contribution in [3.05, 3.63) is 34.9 Å². The molecule has 2 rings (SSSR count). The van der Waals surface area contributed by atoms with Gasteiger partial charge in [0.1, 0.15) is 5.60 Å². The monoisotopic (exact) mass is 313 g/mol. The van der Waals surface area contributed by atoms with E-state index >= 15 is 0 Å². The summed E-state index contributed by atoms with van der Waals surface area (Å²) in [5, 5.41) is 9.51. The van der Waals surface area contributed by atoms with Gasteiger partial charge in [0, 0.05) is 12.1 Å². The Balaban J connectivity index is 2.26. The van der Waals surface area contributed by atoms with Gasteiger partial charge in [-0.2, -0.15) is 0 Å². The maximum atomic E-state index is 12.8. The highest BCUT2D eigenvalue weighted by Crippen LogP contribution is 2.29. The van der Waals surface area contributed by atoms with Gasteiger partial charge in [0.15, 0.2) is 0 Å². The minimum absolute atomic E-state index is 0.0645. The van der Waals surface area contributed by atoms with Gasteiger partial charge in [-0.25, -0.2) is 13.6 Å². The summed E-state index contributed by atoms with van der Waals surface area (Å²) in [4.78, 5) is 13.7. The number of alkyl halides is 2. The van der Waals surface area contributed by atoms with Crippen molar-refractivity contribution in [1.29, 1.82) is 0 Å². The number of benzene rings is 1. The van der Waals surface area contributed by atoms with E-state index in [2.05, 4.69) is 0 Å². The Labute approximate surface area is 128 Å². The van der Waals surface area contributed by atoms with Crippen LogP contribution in [-0.4, -0.2) is 34.3 Å². The van der Waals surface area contributed by atoms with Crippen LogP contribution in [0.1, 0.15) is 43.9 Å². The summed E-state index contributed by atoms with van der Waals surface area (Å²) in [5.74, 6) is 0. The van der Waals surface area contributed by atoms with Crippen LogP contribution in [0.25, 0.3) is 0 Å². The van der Waals surface area contributed by atoms with E-state index in [0.29, 0.717) is 12.0 Å². The molecule has 0 aromatic heterocycles. The predicted molar refractivity (Wildman–Crippen MR) is 77.8 cm³/mol. The number of hydrogen-bond donors (Lipinski definition) is 1. The van der Waals surface area contributed by atoms with Gasteiger partial charge in [-0.3, -0.25) is 4.90 Å². The lowest BCUT2D eigenvalue weighted by Gasteiger charge is -2.37. The molecular formula is C16H21F2NO3. The van der Waals surface area contributed by atoms with E-state index in [1.807, 2.05) is 0 Å². The number of amides is 1. The number of carbonyl (C=O) groups excluding carboxylic acids is 1. The van der Waals surface area contributed by atoms with Crippen LogP contribution >= 0.6 is 0 Å². The molecule has 1 aliphatic heterocycles. The molecule has 0 saturated carbocycles. The fraction of sp³-hybridized carbons (Fsp3) is 0.562. The number of carbonyl (C=O) groups is 1. The first kappa shape index (κ1) is 16.7. The third-order valence-corrected chi connectivity index (χ3v) is 3.56. The second-order valence-corrected chi connectivity index (χ2v) is 6.48. The van der Waals surface area contributed by atoms with E-state index in [-0.39, 0.29) is 18.7 Å². The summed E-state index contributed by atoms with van der Waals surface area (Å²) in [5.41, 5.74) is 0.837. The molecule has 0 saturated heterocycles. The molecule has 0 fully saturated rings. The van der Waals surface area contributed by atoms with E-state index in [9.17, 15) is 18.7 Å². The molecule has 1 aromatic rings. The second kappa shape index (κ2) is 6.20. The Bertz CT molecular complexity index is 555. The van der Waals surface area contributed by atoms with E-state index in [1.54, 1.807) is 26.8 Å². The molecule has 6 heteroatoms. The number of aliphatic hydroxyl groups excluding tert-OH is 1. The van der Waals surface area contributed by atoms with Crippen LogP contribution in [0, 0.1) is 0 Å². The van der Waals surface area contributed by atoms with Gasteiger partial charge in [0.05, 0.1) is 12.6 Å². The summed E-state index contributed by atoms with van der Waals surface area (Å²) in [6.07, 6.45) is -2.66. The normalized spacial score (nSPS) is 18.3. The molecule has 0 bridgehead atoms. The van der Waals surface area contributed by atoms with Crippen LogP contribution in [0.4, 0.5) is 13.6 Å². The highest BCUT2D eigenvalue weighted by molar-refractivity contribution is 5.69. The van der Waals surface area contributed by atoms with Crippen molar-refractivity contribution < 1.29 is 23.4 Å². The Morgan fingerprint density at radius 3 is 2.64 bits per heavy atom. The highest BCUT2D eigenvalue weighted by Gasteiger charge is 2.32. The van der Waals surface area contributed by atoms with Crippen molar-refractivity contribution in [2.75, 3.05) is 6.61 Å².